The summed E-state index contributed by atoms with van der Waals surface area (Å²) < 4.78 is 1.83. The number of carbonyl (C=O) groups excluding carboxylic acids is 1. The van der Waals surface area contributed by atoms with E-state index in [0.29, 0.717) is 0 Å². The fourth-order valence-corrected chi connectivity index (χ4v) is 3.81. The molecule has 0 spiro atoms. The van der Waals surface area contributed by atoms with Gasteiger partial charge in [-0.1, -0.05) is 36.4 Å². The number of nitrogens with zero attached hydrogens (tertiary/aromatic N) is 2. The van der Waals surface area contributed by atoms with Crippen LogP contribution in [0.2, 0.25) is 0 Å². The zero-order valence-electron chi connectivity index (χ0n) is 15.4. The van der Waals surface area contributed by atoms with Crippen LogP contribution in [0.25, 0.3) is 10.8 Å². The van der Waals surface area contributed by atoms with Gasteiger partial charge in [-0.15, -0.1) is 12.4 Å². The van der Waals surface area contributed by atoms with Crippen LogP contribution in [0.5, 0.6) is 0 Å². The average Bonchev–Trinajstić information content (AvgIpc) is 3.23. The molecule has 1 aromatic heterocycles. The molecule has 5 nitrogen and oxygen atoms in total. The van der Waals surface area contributed by atoms with Crippen molar-refractivity contribution in [3.8, 4) is 0 Å². The SMILES string of the molecule is CC(NC(=O)C1(n2cccn2)CCNCC1)c1ccc2ccccc2c1.Cl. The van der Waals surface area contributed by atoms with E-state index in [1.165, 1.54) is 10.8 Å². The molecule has 1 amide bonds. The molecule has 0 bridgehead atoms. The number of carbonyl (C=O) groups is 1. The number of fused-ring (bicyclic) bond motifs is 1. The van der Waals surface area contributed by atoms with Crippen LogP contribution in [-0.4, -0.2) is 28.8 Å². The lowest BCUT2D eigenvalue weighted by molar-refractivity contribution is -0.132. The second kappa shape index (κ2) is 8.11. The Hall–Kier alpha value is -2.37. The Balaban J connectivity index is 0.00000210. The predicted molar refractivity (Wildman–Crippen MR) is 110 cm³/mol. The van der Waals surface area contributed by atoms with Gasteiger partial charge in [-0.3, -0.25) is 9.48 Å². The number of nitrogens with one attached hydrogen (secondary N) is 2. The van der Waals surface area contributed by atoms with Crippen molar-refractivity contribution in [2.75, 3.05) is 13.1 Å². The van der Waals surface area contributed by atoms with Gasteiger partial charge in [0.05, 0.1) is 6.04 Å². The molecule has 1 fully saturated rings. The van der Waals surface area contributed by atoms with Crippen LogP contribution >= 0.6 is 12.4 Å². The van der Waals surface area contributed by atoms with Crippen molar-refractivity contribution in [2.45, 2.75) is 31.3 Å². The van der Waals surface area contributed by atoms with E-state index in [0.717, 1.165) is 31.5 Å². The van der Waals surface area contributed by atoms with E-state index in [-0.39, 0.29) is 24.4 Å². The molecule has 1 unspecified atom stereocenters. The van der Waals surface area contributed by atoms with Crippen molar-refractivity contribution in [3.05, 3.63) is 66.5 Å². The first-order valence-electron chi connectivity index (χ1n) is 9.20. The van der Waals surface area contributed by atoms with Gasteiger partial charge in [0.1, 0.15) is 5.54 Å². The third kappa shape index (κ3) is 3.70. The fraction of sp³-hybridized carbons (Fsp3) is 0.333. The van der Waals surface area contributed by atoms with E-state index in [9.17, 15) is 4.79 Å². The van der Waals surface area contributed by atoms with E-state index in [4.69, 9.17) is 0 Å². The number of benzene rings is 2. The van der Waals surface area contributed by atoms with Gasteiger partial charge in [0.25, 0.3) is 0 Å². The van der Waals surface area contributed by atoms with Gasteiger partial charge in [-0.05, 0) is 61.3 Å². The molecule has 27 heavy (non-hydrogen) atoms. The van der Waals surface area contributed by atoms with Crippen molar-refractivity contribution in [3.63, 3.8) is 0 Å². The molecular formula is C21H25ClN4O. The molecule has 2 N–H and O–H groups in total. The summed E-state index contributed by atoms with van der Waals surface area (Å²) in [6.07, 6.45) is 5.12. The Morgan fingerprint density at radius 2 is 1.89 bits per heavy atom. The summed E-state index contributed by atoms with van der Waals surface area (Å²) in [5, 5.41) is 13.4. The molecule has 1 aliphatic rings. The van der Waals surface area contributed by atoms with Crippen molar-refractivity contribution in [1.82, 2.24) is 20.4 Å². The lowest BCUT2D eigenvalue weighted by atomic mass is 9.87. The lowest BCUT2D eigenvalue weighted by Crippen LogP contribution is -2.55. The number of hydrogen-bond acceptors (Lipinski definition) is 3. The van der Waals surface area contributed by atoms with Gasteiger partial charge in [-0.25, -0.2) is 0 Å². The molecule has 2 aromatic carbocycles. The number of halogens is 1. The fourth-order valence-electron chi connectivity index (χ4n) is 3.81. The highest BCUT2D eigenvalue weighted by atomic mass is 35.5. The predicted octanol–water partition coefficient (Wildman–Crippen LogP) is 3.41. The zero-order valence-corrected chi connectivity index (χ0v) is 16.2. The lowest BCUT2D eigenvalue weighted by Gasteiger charge is -2.37. The molecule has 1 saturated heterocycles. The highest BCUT2D eigenvalue weighted by molar-refractivity contribution is 5.86. The quantitative estimate of drug-likeness (QED) is 0.724. The van der Waals surface area contributed by atoms with Crippen LogP contribution < -0.4 is 10.6 Å². The molecular weight excluding hydrogens is 360 g/mol. The van der Waals surface area contributed by atoms with Gasteiger partial charge >= 0.3 is 0 Å². The Bertz CT molecular complexity index is 903. The molecule has 1 aliphatic heterocycles. The summed E-state index contributed by atoms with van der Waals surface area (Å²) in [6.45, 7) is 3.68. The summed E-state index contributed by atoms with van der Waals surface area (Å²) in [6, 6.07) is 16.5. The molecule has 0 radical (unpaired) electrons. The normalized spacial score (nSPS) is 17.1. The maximum atomic E-state index is 13.3. The third-order valence-corrected chi connectivity index (χ3v) is 5.42. The maximum Gasteiger partial charge on any atom is 0.248 e. The van der Waals surface area contributed by atoms with E-state index in [1.54, 1.807) is 6.20 Å². The number of rotatable bonds is 4. The van der Waals surface area contributed by atoms with Crippen LogP contribution in [0.1, 0.15) is 31.4 Å². The number of aromatic nitrogens is 2. The number of hydrogen-bond donors (Lipinski definition) is 2. The maximum absolute atomic E-state index is 13.3. The Morgan fingerprint density at radius 1 is 1.15 bits per heavy atom. The number of piperidine rings is 1. The molecule has 0 saturated carbocycles. The average molecular weight is 385 g/mol. The minimum atomic E-state index is -0.611. The highest BCUT2D eigenvalue weighted by Crippen LogP contribution is 2.29. The van der Waals surface area contributed by atoms with E-state index < -0.39 is 5.54 Å². The van der Waals surface area contributed by atoms with Crippen molar-refractivity contribution in [1.29, 1.82) is 0 Å². The summed E-state index contributed by atoms with van der Waals surface area (Å²) >= 11 is 0. The van der Waals surface area contributed by atoms with E-state index >= 15 is 0 Å². The molecule has 142 valence electrons. The molecule has 1 atom stereocenters. The number of amides is 1. The van der Waals surface area contributed by atoms with Crippen LogP contribution in [-0.2, 0) is 10.3 Å². The van der Waals surface area contributed by atoms with Crippen molar-refractivity contribution in [2.24, 2.45) is 0 Å². The molecule has 3 aromatic rings. The first-order chi connectivity index (χ1) is 12.7. The van der Waals surface area contributed by atoms with E-state index in [2.05, 4.69) is 46.1 Å². The summed E-state index contributed by atoms with van der Waals surface area (Å²) in [4.78, 5) is 13.3. The van der Waals surface area contributed by atoms with Gasteiger partial charge in [0.15, 0.2) is 0 Å². The summed E-state index contributed by atoms with van der Waals surface area (Å²) in [7, 11) is 0. The smallest absolute Gasteiger partial charge is 0.248 e. The standard InChI is InChI=1S/C21H24N4O.ClH/c1-16(18-8-7-17-5-2-3-6-19(17)15-18)24-20(26)21(9-12-22-13-10-21)25-14-4-11-23-25;/h2-8,11,14-16,22H,9-10,12-13H2,1H3,(H,24,26);1H. The van der Waals surface area contributed by atoms with Gasteiger partial charge in [0, 0.05) is 12.4 Å². The van der Waals surface area contributed by atoms with Crippen LogP contribution in [0.3, 0.4) is 0 Å². The second-order valence-electron chi connectivity index (χ2n) is 7.03. The molecule has 0 aliphatic carbocycles. The Morgan fingerprint density at radius 3 is 2.59 bits per heavy atom. The summed E-state index contributed by atoms with van der Waals surface area (Å²) in [5.41, 5.74) is 0.501. The van der Waals surface area contributed by atoms with Gasteiger partial charge < -0.3 is 10.6 Å². The Kier molecular flexibility index (Phi) is 5.82. The van der Waals surface area contributed by atoms with Crippen LogP contribution in [0.15, 0.2) is 60.9 Å². The van der Waals surface area contributed by atoms with Crippen molar-refractivity contribution < 1.29 is 4.79 Å². The highest BCUT2D eigenvalue weighted by Gasteiger charge is 2.42. The van der Waals surface area contributed by atoms with Crippen LogP contribution in [0.4, 0.5) is 0 Å². The minimum absolute atomic E-state index is 0. The van der Waals surface area contributed by atoms with E-state index in [1.807, 2.05) is 36.0 Å². The molecule has 6 heteroatoms. The molecule has 2 heterocycles. The van der Waals surface area contributed by atoms with Gasteiger partial charge in [-0.2, -0.15) is 5.10 Å². The zero-order chi connectivity index (χ0) is 18.0. The largest absolute Gasteiger partial charge is 0.347 e. The second-order valence-corrected chi connectivity index (χ2v) is 7.03. The minimum Gasteiger partial charge on any atom is -0.347 e. The van der Waals surface area contributed by atoms with Gasteiger partial charge in [0.2, 0.25) is 5.91 Å². The first kappa shape index (κ1) is 19.4. The monoisotopic (exact) mass is 384 g/mol. The first-order valence-corrected chi connectivity index (χ1v) is 9.20. The van der Waals surface area contributed by atoms with Crippen LogP contribution in [0, 0.1) is 0 Å². The third-order valence-electron chi connectivity index (χ3n) is 5.42. The Labute approximate surface area is 165 Å². The topological polar surface area (TPSA) is 59.0 Å². The molecule has 4 rings (SSSR count). The summed E-state index contributed by atoms with van der Waals surface area (Å²) in [5.74, 6) is 0.0448. The van der Waals surface area contributed by atoms with Crippen molar-refractivity contribution >= 4 is 29.1 Å².